The van der Waals surface area contributed by atoms with Crippen LogP contribution >= 0.6 is 11.6 Å². The van der Waals surface area contributed by atoms with Crippen molar-refractivity contribution < 1.29 is 4.74 Å². The van der Waals surface area contributed by atoms with Gasteiger partial charge in [-0.2, -0.15) is 0 Å². The maximum atomic E-state index is 6.05. The Morgan fingerprint density at radius 3 is 2.33 bits per heavy atom. The molecular formula is C18H22ClNO. The van der Waals surface area contributed by atoms with E-state index in [9.17, 15) is 0 Å². The van der Waals surface area contributed by atoms with Crippen molar-refractivity contribution in [2.45, 2.75) is 32.9 Å². The van der Waals surface area contributed by atoms with Gasteiger partial charge in [-0.25, -0.2) is 0 Å². The summed E-state index contributed by atoms with van der Waals surface area (Å²) in [5.41, 5.74) is 1.19. The third-order valence-electron chi connectivity index (χ3n) is 3.40. The van der Waals surface area contributed by atoms with E-state index in [4.69, 9.17) is 16.3 Å². The zero-order chi connectivity index (χ0) is 15.1. The first-order valence-electron chi connectivity index (χ1n) is 7.44. The number of para-hydroxylation sites is 1. The second-order valence-corrected chi connectivity index (χ2v) is 5.49. The maximum absolute atomic E-state index is 6.05. The minimum atomic E-state index is -0.0277. The van der Waals surface area contributed by atoms with Gasteiger partial charge in [0.2, 0.25) is 0 Å². The van der Waals surface area contributed by atoms with Gasteiger partial charge in [-0.15, -0.1) is 0 Å². The highest BCUT2D eigenvalue weighted by Crippen LogP contribution is 2.22. The van der Waals surface area contributed by atoms with Crippen LogP contribution in [0.4, 0.5) is 5.69 Å². The first kappa shape index (κ1) is 15.7. The van der Waals surface area contributed by atoms with Crippen LogP contribution in [0.3, 0.4) is 0 Å². The fourth-order valence-corrected chi connectivity index (χ4v) is 2.37. The zero-order valence-corrected chi connectivity index (χ0v) is 13.4. The van der Waals surface area contributed by atoms with Crippen molar-refractivity contribution in [1.29, 1.82) is 0 Å². The van der Waals surface area contributed by atoms with Gasteiger partial charge in [0.25, 0.3) is 0 Å². The van der Waals surface area contributed by atoms with Crippen LogP contribution in [0.5, 0.6) is 5.75 Å². The maximum Gasteiger partial charge on any atom is 0.169 e. The Morgan fingerprint density at radius 1 is 1.05 bits per heavy atom. The highest BCUT2D eigenvalue weighted by molar-refractivity contribution is 6.30. The van der Waals surface area contributed by atoms with Gasteiger partial charge in [-0.3, -0.25) is 0 Å². The topological polar surface area (TPSA) is 12.5 Å². The van der Waals surface area contributed by atoms with E-state index < -0.39 is 0 Å². The summed E-state index contributed by atoms with van der Waals surface area (Å²) in [5, 5.41) is 0.723. The lowest BCUT2D eigenvalue weighted by molar-refractivity contribution is 0.214. The number of unbranched alkanes of at least 4 members (excludes halogenated alkanes) is 1. The van der Waals surface area contributed by atoms with Crippen molar-refractivity contribution in [2.24, 2.45) is 0 Å². The molecule has 1 unspecified atom stereocenters. The number of ether oxygens (including phenoxy) is 1. The molecule has 0 bridgehead atoms. The Morgan fingerprint density at radius 2 is 1.71 bits per heavy atom. The summed E-state index contributed by atoms with van der Waals surface area (Å²) in [6.07, 6.45) is 2.28. The van der Waals surface area contributed by atoms with Crippen LogP contribution in [-0.4, -0.2) is 12.8 Å². The number of rotatable bonds is 7. The summed E-state index contributed by atoms with van der Waals surface area (Å²) >= 11 is 5.91. The Labute approximate surface area is 132 Å². The molecule has 0 aliphatic heterocycles. The highest BCUT2D eigenvalue weighted by atomic mass is 35.5. The first-order valence-corrected chi connectivity index (χ1v) is 7.82. The number of nitrogens with zero attached hydrogens (tertiary/aromatic N) is 1. The van der Waals surface area contributed by atoms with Crippen LogP contribution in [0, 0.1) is 0 Å². The number of anilines is 1. The van der Waals surface area contributed by atoms with Crippen LogP contribution < -0.4 is 9.64 Å². The standard InChI is InChI=1S/C18H22ClNO/c1-3-4-14-20(17-8-6-5-7-9-17)15(2)21-18-12-10-16(19)11-13-18/h5-13,15H,3-4,14H2,1-2H3. The van der Waals surface area contributed by atoms with Gasteiger partial charge in [0.1, 0.15) is 5.75 Å². The second kappa shape index (κ2) is 7.94. The third kappa shape index (κ3) is 4.68. The lowest BCUT2D eigenvalue weighted by atomic mass is 10.2. The van der Waals surface area contributed by atoms with E-state index in [1.807, 2.05) is 30.3 Å². The molecule has 0 amide bonds. The van der Waals surface area contributed by atoms with E-state index in [0.717, 1.165) is 30.2 Å². The van der Waals surface area contributed by atoms with Crippen LogP contribution in [-0.2, 0) is 0 Å². The third-order valence-corrected chi connectivity index (χ3v) is 3.65. The summed E-state index contributed by atoms with van der Waals surface area (Å²) in [5.74, 6) is 0.837. The second-order valence-electron chi connectivity index (χ2n) is 5.05. The quantitative estimate of drug-likeness (QED) is 0.637. The molecule has 112 valence electrons. The van der Waals surface area contributed by atoms with Crippen molar-refractivity contribution in [3.05, 3.63) is 59.6 Å². The van der Waals surface area contributed by atoms with Crippen molar-refractivity contribution in [3.8, 4) is 5.75 Å². The van der Waals surface area contributed by atoms with Gasteiger partial charge in [0.15, 0.2) is 6.23 Å². The van der Waals surface area contributed by atoms with E-state index in [2.05, 4.69) is 43.0 Å². The molecular weight excluding hydrogens is 282 g/mol. The Balaban J connectivity index is 2.10. The van der Waals surface area contributed by atoms with Crippen molar-refractivity contribution in [1.82, 2.24) is 0 Å². The first-order chi connectivity index (χ1) is 10.2. The number of benzene rings is 2. The SMILES string of the molecule is CCCCN(c1ccccc1)C(C)Oc1ccc(Cl)cc1. The molecule has 3 heteroatoms. The molecule has 0 saturated heterocycles. The fraction of sp³-hybridized carbons (Fsp3) is 0.333. The van der Waals surface area contributed by atoms with Crippen LogP contribution in [0.25, 0.3) is 0 Å². The molecule has 0 aromatic heterocycles. The molecule has 0 radical (unpaired) electrons. The van der Waals surface area contributed by atoms with Crippen molar-refractivity contribution in [3.63, 3.8) is 0 Å². The van der Waals surface area contributed by atoms with Gasteiger partial charge in [0.05, 0.1) is 0 Å². The van der Waals surface area contributed by atoms with Crippen molar-refractivity contribution >= 4 is 17.3 Å². The highest BCUT2D eigenvalue weighted by Gasteiger charge is 2.15. The lowest BCUT2D eigenvalue weighted by Gasteiger charge is -2.31. The smallest absolute Gasteiger partial charge is 0.169 e. The molecule has 0 spiro atoms. The lowest BCUT2D eigenvalue weighted by Crippen LogP contribution is -2.38. The van der Waals surface area contributed by atoms with Crippen molar-refractivity contribution in [2.75, 3.05) is 11.4 Å². The molecule has 0 fully saturated rings. The predicted molar refractivity (Wildman–Crippen MR) is 90.2 cm³/mol. The van der Waals surface area contributed by atoms with E-state index >= 15 is 0 Å². The zero-order valence-electron chi connectivity index (χ0n) is 12.6. The molecule has 2 rings (SSSR count). The summed E-state index contributed by atoms with van der Waals surface area (Å²) in [7, 11) is 0. The normalized spacial score (nSPS) is 12.0. The van der Waals surface area contributed by atoms with E-state index in [1.54, 1.807) is 0 Å². The summed E-state index contributed by atoms with van der Waals surface area (Å²) in [4.78, 5) is 2.29. The van der Waals surface area contributed by atoms with Crippen LogP contribution in [0.2, 0.25) is 5.02 Å². The molecule has 0 heterocycles. The summed E-state index contributed by atoms with van der Waals surface area (Å²) in [6, 6.07) is 17.9. The predicted octanol–water partition coefficient (Wildman–Crippen LogP) is 5.37. The molecule has 21 heavy (non-hydrogen) atoms. The van der Waals surface area contributed by atoms with Gasteiger partial charge >= 0.3 is 0 Å². The Hall–Kier alpha value is -1.67. The molecule has 0 aliphatic rings. The molecule has 0 aliphatic carbocycles. The number of hydrogen-bond acceptors (Lipinski definition) is 2. The van der Waals surface area contributed by atoms with Gasteiger partial charge in [0, 0.05) is 17.3 Å². The van der Waals surface area contributed by atoms with Crippen LogP contribution in [0.1, 0.15) is 26.7 Å². The van der Waals surface area contributed by atoms with E-state index in [0.29, 0.717) is 0 Å². The molecule has 2 aromatic carbocycles. The molecule has 0 N–H and O–H groups in total. The van der Waals surface area contributed by atoms with Gasteiger partial charge in [-0.1, -0.05) is 43.1 Å². The minimum Gasteiger partial charge on any atom is -0.471 e. The Bertz CT molecular complexity index is 527. The summed E-state index contributed by atoms with van der Waals surface area (Å²) < 4.78 is 6.05. The number of hydrogen-bond donors (Lipinski definition) is 0. The molecule has 2 aromatic rings. The monoisotopic (exact) mass is 303 g/mol. The molecule has 0 saturated carbocycles. The van der Waals surface area contributed by atoms with E-state index in [1.165, 1.54) is 5.69 Å². The minimum absolute atomic E-state index is 0.0277. The number of halogens is 1. The average Bonchev–Trinajstić information content (AvgIpc) is 2.51. The Kier molecular flexibility index (Phi) is 5.94. The van der Waals surface area contributed by atoms with E-state index in [-0.39, 0.29) is 6.23 Å². The average molecular weight is 304 g/mol. The fourth-order valence-electron chi connectivity index (χ4n) is 2.24. The summed E-state index contributed by atoms with van der Waals surface area (Å²) in [6.45, 7) is 5.26. The van der Waals surface area contributed by atoms with Gasteiger partial charge < -0.3 is 9.64 Å². The molecule has 1 atom stereocenters. The molecule has 2 nitrogen and oxygen atoms in total. The van der Waals surface area contributed by atoms with Gasteiger partial charge in [-0.05, 0) is 49.7 Å². The van der Waals surface area contributed by atoms with Crippen LogP contribution in [0.15, 0.2) is 54.6 Å². The largest absolute Gasteiger partial charge is 0.471 e.